The first-order chi connectivity index (χ1) is 8.13. The van der Waals surface area contributed by atoms with Crippen LogP contribution >= 0.6 is 0 Å². The third kappa shape index (κ3) is 5.18. The van der Waals surface area contributed by atoms with Crippen molar-refractivity contribution in [1.82, 2.24) is 10.3 Å². The molecular weight excluding hydrogens is 210 g/mol. The molecule has 3 nitrogen and oxygen atoms in total. The van der Waals surface area contributed by atoms with Gasteiger partial charge in [-0.25, -0.2) is 0 Å². The van der Waals surface area contributed by atoms with E-state index < -0.39 is 0 Å². The molecule has 0 aliphatic rings. The predicted molar refractivity (Wildman–Crippen MR) is 74.3 cm³/mol. The monoisotopic (exact) mass is 235 g/mol. The molecule has 0 aromatic carbocycles. The average molecular weight is 235 g/mol. The number of nitrogens with zero attached hydrogens (tertiary/aromatic N) is 2. The van der Waals surface area contributed by atoms with Gasteiger partial charge in [-0.2, -0.15) is 0 Å². The molecule has 1 heterocycles. The number of anilines is 1. The van der Waals surface area contributed by atoms with Crippen LogP contribution in [0, 0.1) is 5.92 Å². The lowest BCUT2D eigenvalue weighted by atomic mass is 10.1. The Morgan fingerprint density at radius 3 is 2.82 bits per heavy atom. The zero-order valence-electron chi connectivity index (χ0n) is 11.5. The van der Waals surface area contributed by atoms with Gasteiger partial charge in [0.25, 0.3) is 0 Å². The molecule has 1 aromatic heterocycles. The van der Waals surface area contributed by atoms with Gasteiger partial charge in [0, 0.05) is 32.0 Å². The molecule has 1 rings (SSSR count). The Labute approximate surface area is 105 Å². The van der Waals surface area contributed by atoms with E-state index >= 15 is 0 Å². The Morgan fingerprint density at radius 1 is 1.41 bits per heavy atom. The molecule has 3 heteroatoms. The molecule has 0 radical (unpaired) electrons. The van der Waals surface area contributed by atoms with Crippen molar-refractivity contribution < 1.29 is 0 Å². The third-order valence-corrected chi connectivity index (χ3v) is 2.84. The van der Waals surface area contributed by atoms with E-state index in [9.17, 15) is 0 Å². The van der Waals surface area contributed by atoms with Gasteiger partial charge in [0.05, 0.1) is 5.69 Å². The van der Waals surface area contributed by atoms with E-state index in [1.165, 1.54) is 12.1 Å². The topological polar surface area (TPSA) is 28.2 Å². The Bertz CT molecular complexity index is 323. The van der Waals surface area contributed by atoms with Gasteiger partial charge in [-0.15, -0.1) is 0 Å². The van der Waals surface area contributed by atoms with E-state index in [-0.39, 0.29) is 0 Å². The maximum absolute atomic E-state index is 4.37. The minimum absolute atomic E-state index is 0.750. The fraction of sp³-hybridized carbons (Fsp3) is 0.643. The van der Waals surface area contributed by atoms with Crippen LogP contribution in [0.4, 0.5) is 5.69 Å². The summed E-state index contributed by atoms with van der Waals surface area (Å²) < 4.78 is 0. The van der Waals surface area contributed by atoms with Crippen molar-refractivity contribution in [2.45, 2.75) is 33.7 Å². The summed E-state index contributed by atoms with van der Waals surface area (Å²) in [7, 11) is 2.15. The number of nitrogens with one attached hydrogen (secondary N) is 1. The maximum atomic E-state index is 4.37. The van der Waals surface area contributed by atoms with E-state index in [2.05, 4.69) is 55.2 Å². The Balaban J connectivity index is 2.57. The van der Waals surface area contributed by atoms with Crippen LogP contribution in [-0.4, -0.2) is 25.1 Å². The fourth-order valence-corrected chi connectivity index (χ4v) is 1.63. The lowest BCUT2D eigenvalue weighted by molar-refractivity contribution is 0.585. The lowest BCUT2D eigenvalue weighted by Crippen LogP contribution is -2.20. The quantitative estimate of drug-likeness (QED) is 0.787. The number of aromatic nitrogens is 1. The van der Waals surface area contributed by atoms with Crippen molar-refractivity contribution in [2.24, 2.45) is 5.92 Å². The minimum atomic E-state index is 0.750. The summed E-state index contributed by atoms with van der Waals surface area (Å²) in [6.45, 7) is 9.56. The summed E-state index contributed by atoms with van der Waals surface area (Å²) in [4.78, 5) is 6.67. The van der Waals surface area contributed by atoms with E-state index in [1.807, 2.05) is 6.20 Å². The summed E-state index contributed by atoms with van der Waals surface area (Å²) in [6, 6.07) is 4.25. The van der Waals surface area contributed by atoms with Crippen LogP contribution in [0.25, 0.3) is 0 Å². The SMILES string of the molecule is CCNCc1cc(N(C)CCC(C)C)ccn1. The largest absolute Gasteiger partial charge is 0.374 e. The van der Waals surface area contributed by atoms with Crippen molar-refractivity contribution >= 4 is 5.69 Å². The minimum Gasteiger partial charge on any atom is -0.374 e. The second-order valence-electron chi connectivity index (χ2n) is 4.89. The predicted octanol–water partition coefficient (Wildman–Crippen LogP) is 2.67. The van der Waals surface area contributed by atoms with Crippen molar-refractivity contribution in [2.75, 3.05) is 25.0 Å². The molecule has 0 saturated heterocycles. The van der Waals surface area contributed by atoms with E-state index in [1.54, 1.807) is 0 Å². The molecule has 0 spiro atoms. The molecule has 0 amide bonds. The number of hydrogen-bond donors (Lipinski definition) is 1. The van der Waals surface area contributed by atoms with E-state index in [4.69, 9.17) is 0 Å². The van der Waals surface area contributed by atoms with Gasteiger partial charge in [-0.1, -0.05) is 20.8 Å². The second-order valence-corrected chi connectivity index (χ2v) is 4.89. The van der Waals surface area contributed by atoms with Crippen LogP contribution in [0.2, 0.25) is 0 Å². The van der Waals surface area contributed by atoms with Crippen LogP contribution < -0.4 is 10.2 Å². The highest BCUT2D eigenvalue weighted by molar-refractivity contribution is 5.45. The van der Waals surface area contributed by atoms with Crippen molar-refractivity contribution in [3.05, 3.63) is 24.0 Å². The molecule has 17 heavy (non-hydrogen) atoms. The van der Waals surface area contributed by atoms with Crippen LogP contribution in [0.5, 0.6) is 0 Å². The number of hydrogen-bond acceptors (Lipinski definition) is 3. The highest BCUT2D eigenvalue weighted by atomic mass is 15.1. The first-order valence-corrected chi connectivity index (χ1v) is 6.50. The molecule has 0 unspecified atom stereocenters. The molecule has 1 aromatic rings. The zero-order chi connectivity index (χ0) is 12.7. The molecule has 0 aliphatic heterocycles. The normalized spacial score (nSPS) is 10.9. The number of rotatable bonds is 7. The molecule has 96 valence electrons. The second kappa shape index (κ2) is 7.28. The van der Waals surface area contributed by atoms with Gasteiger partial charge >= 0.3 is 0 Å². The highest BCUT2D eigenvalue weighted by Gasteiger charge is 2.03. The molecule has 0 saturated carbocycles. The summed E-state index contributed by atoms with van der Waals surface area (Å²) in [5, 5.41) is 3.30. The smallest absolute Gasteiger partial charge is 0.0562 e. The van der Waals surface area contributed by atoms with Gasteiger partial charge < -0.3 is 10.2 Å². The van der Waals surface area contributed by atoms with Crippen LogP contribution in [0.1, 0.15) is 32.9 Å². The van der Waals surface area contributed by atoms with Gasteiger partial charge in [0.15, 0.2) is 0 Å². The summed E-state index contributed by atoms with van der Waals surface area (Å²) in [6.07, 6.45) is 3.12. The summed E-state index contributed by atoms with van der Waals surface area (Å²) in [5.41, 5.74) is 2.37. The first kappa shape index (κ1) is 14.0. The van der Waals surface area contributed by atoms with Gasteiger partial charge in [0.1, 0.15) is 0 Å². The van der Waals surface area contributed by atoms with Gasteiger partial charge in [-0.05, 0) is 31.0 Å². The Kier molecular flexibility index (Phi) is 5.98. The van der Waals surface area contributed by atoms with Crippen molar-refractivity contribution in [3.8, 4) is 0 Å². The molecular formula is C14H25N3. The first-order valence-electron chi connectivity index (χ1n) is 6.50. The third-order valence-electron chi connectivity index (χ3n) is 2.84. The highest BCUT2D eigenvalue weighted by Crippen LogP contribution is 2.14. The number of pyridine rings is 1. The summed E-state index contributed by atoms with van der Waals surface area (Å²) in [5.74, 6) is 0.750. The molecule has 0 fully saturated rings. The van der Waals surface area contributed by atoms with Crippen LogP contribution in [-0.2, 0) is 6.54 Å². The fourth-order valence-electron chi connectivity index (χ4n) is 1.63. The van der Waals surface area contributed by atoms with Crippen LogP contribution in [0.15, 0.2) is 18.3 Å². The Hall–Kier alpha value is -1.09. The van der Waals surface area contributed by atoms with E-state index in [0.717, 1.165) is 31.2 Å². The maximum Gasteiger partial charge on any atom is 0.0562 e. The van der Waals surface area contributed by atoms with Crippen molar-refractivity contribution in [3.63, 3.8) is 0 Å². The lowest BCUT2D eigenvalue weighted by Gasteiger charge is -2.20. The summed E-state index contributed by atoms with van der Waals surface area (Å²) >= 11 is 0. The average Bonchev–Trinajstić information content (AvgIpc) is 2.33. The molecule has 0 aliphatic carbocycles. The Morgan fingerprint density at radius 2 is 2.18 bits per heavy atom. The standard InChI is InChI=1S/C14H25N3/c1-5-15-11-13-10-14(6-8-16-13)17(4)9-7-12(2)3/h6,8,10,12,15H,5,7,9,11H2,1-4H3. The zero-order valence-corrected chi connectivity index (χ0v) is 11.5. The van der Waals surface area contributed by atoms with Crippen LogP contribution in [0.3, 0.4) is 0 Å². The molecule has 1 N–H and O–H groups in total. The van der Waals surface area contributed by atoms with Gasteiger partial charge in [-0.3, -0.25) is 4.98 Å². The van der Waals surface area contributed by atoms with Crippen molar-refractivity contribution in [1.29, 1.82) is 0 Å². The molecule has 0 bridgehead atoms. The van der Waals surface area contributed by atoms with E-state index in [0.29, 0.717) is 0 Å². The van der Waals surface area contributed by atoms with Gasteiger partial charge in [0.2, 0.25) is 0 Å². The molecule has 0 atom stereocenters.